The second-order valence-corrected chi connectivity index (χ2v) is 4.90. The Bertz CT molecular complexity index is 231. The molecule has 0 saturated carbocycles. The smallest absolute Gasteiger partial charge is 0.309 e. The molecule has 0 bridgehead atoms. The summed E-state index contributed by atoms with van der Waals surface area (Å²) >= 11 is 0. The van der Waals surface area contributed by atoms with Gasteiger partial charge in [-0.1, -0.05) is 13.8 Å². The lowest BCUT2D eigenvalue weighted by Gasteiger charge is -2.26. The van der Waals surface area contributed by atoms with E-state index in [9.17, 15) is 4.79 Å². The van der Waals surface area contributed by atoms with E-state index in [1.807, 2.05) is 14.1 Å². The first-order valence-corrected chi connectivity index (χ1v) is 5.57. The Morgan fingerprint density at radius 1 is 1.60 bits per heavy atom. The summed E-state index contributed by atoms with van der Waals surface area (Å²) in [6, 6.07) is 0.422. The fraction of sp³-hybridized carbons (Fsp3) is 0.909. The average Bonchev–Trinajstić information content (AvgIpc) is 2.43. The maximum Gasteiger partial charge on any atom is 0.309 e. The van der Waals surface area contributed by atoms with Crippen LogP contribution in [-0.2, 0) is 4.79 Å². The van der Waals surface area contributed by atoms with Crippen LogP contribution in [0.15, 0.2) is 0 Å². The molecule has 88 valence electrons. The molecule has 3 unspecified atom stereocenters. The van der Waals surface area contributed by atoms with Gasteiger partial charge in [-0.2, -0.15) is 0 Å². The Hall–Kier alpha value is -0.610. The third-order valence-corrected chi connectivity index (χ3v) is 3.26. The zero-order valence-electron chi connectivity index (χ0n) is 10.0. The molecule has 0 aliphatic carbocycles. The predicted molar refractivity (Wildman–Crippen MR) is 59.8 cm³/mol. The molecule has 1 fully saturated rings. The van der Waals surface area contributed by atoms with Gasteiger partial charge in [-0.3, -0.25) is 4.79 Å². The number of carboxylic acids is 1. The van der Waals surface area contributed by atoms with Crippen LogP contribution < -0.4 is 5.32 Å². The molecule has 1 saturated heterocycles. The van der Waals surface area contributed by atoms with Crippen molar-refractivity contribution >= 4 is 5.97 Å². The number of hydrogen-bond donors (Lipinski definition) is 2. The van der Waals surface area contributed by atoms with Gasteiger partial charge in [-0.05, 0) is 26.4 Å². The van der Waals surface area contributed by atoms with E-state index in [-0.39, 0.29) is 12.0 Å². The van der Waals surface area contributed by atoms with Gasteiger partial charge in [0.25, 0.3) is 0 Å². The molecule has 0 spiro atoms. The molecule has 1 heterocycles. The first-order chi connectivity index (χ1) is 6.97. The van der Waals surface area contributed by atoms with Gasteiger partial charge in [0, 0.05) is 18.6 Å². The normalized spacial score (nSPS) is 32.5. The van der Waals surface area contributed by atoms with Crippen molar-refractivity contribution in [2.45, 2.75) is 32.4 Å². The third kappa shape index (κ3) is 2.69. The Labute approximate surface area is 91.6 Å². The molecule has 0 aromatic heterocycles. The Morgan fingerprint density at radius 2 is 2.20 bits per heavy atom. The van der Waals surface area contributed by atoms with Gasteiger partial charge in [0.1, 0.15) is 0 Å². The molecule has 0 radical (unpaired) electrons. The number of likely N-dealkylation sites (N-methyl/N-ethyl adjacent to an activating group) is 2. The van der Waals surface area contributed by atoms with Gasteiger partial charge in [-0.15, -0.1) is 0 Å². The highest BCUT2D eigenvalue weighted by Crippen LogP contribution is 2.27. The first kappa shape index (κ1) is 12.5. The molecule has 2 N–H and O–H groups in total. The van der Waals surface area contributed by atoms with Crippen LogP contribution in [0.1, 0.15) is 20.3 Å². The second-order valence-electron chi connectivity index (χ2n) is 4.90. The number of nitrogens with one attached hydrogen (secondary N) is 1. The fourth-order valence-electron chi connectivity index (χ4n) is 2.54. The number of rotatable bonds is 4. The summed E-state index contributed by atoms with van der Waals surface area (Å²) in [4.78, 5) is 13.2. The van der Waals surface area contributed by atoms with Crippen molar-refractivity contribution in [3.63, 3.8) is 0 Å². The minimum Gasteiger partial charge on any atom is -0.481 e. The summed E-state index contributed by atoms with van der Waals surface area (Å²) < 4.78 is 0. The standard InChI is InChI=1S/C11H22N2O2/c1-7(2)5-9-10(12-3)8(11(14)15)6-13(9)4/h7-10,12H,5-6H2,1-4H3,(H,14,15). The Morgan fingerprint density at radius 3 is 2.60 bits per heavy atom. The van der Waals surface area contributed by atoms with Crippen LogP contribution in [0.3, 0.4) is 0 Å². The van der Waals surface area contributed by atoms with Crippen LogP contribution in [0.25, 0.3) is 0 Å². The summed E-state index contributed by atoms with van der Waals surface area (Å²) in [5, 5.41) is 12.3. The van der Waals surface area contributed by atoms with Crippen molar-refractivity contribution in [2.75, 3.05) is 20.6 Å². The third-order valence-electron chi connectivity index (χ3n) is 3.26. The minimum absolute atomic E-state index is 0.0786. The van der Waals surface area contributed by atoms with Gasteiger partial charge in [-0.25, -0.2) is 0 Å². The van der Waals surface area contributed by atoms with Gasteiger partial charge >= 0.3 is 5.97 Å². The van der Waals surface area contributed by atoms with E-state index in [4.69, 9.17) is 5.11 Å². The van der Waals surface area contributed by atoms with Gasteiger partial charge in [0.2, 0.25) is 0 Å². The van der Waals surface area contributed by atoms with Crippen molar-refractivity contribution in [1.82, 2.24) is 10.2 Å². The molecular formula is C11H22N2O2. The molecule has 15 heavy (non-hydrogen) atoms. The Kier molecular flexibility index (Phi) is 4.11. The lowest BCUT2D eigenvalue weighted by molar-refractivity contribution is -0.141. The molecule has 4 heteroatoms. The highest BCUT2D eigenvalue weighted by molar-refractivity contribution is 5.72. The van der Waals surface area contributed by atoms with E-state index >= 15 is 0 Å². The summed E-state index contributed by atoms with van der Waals surface area (Å²) in [6.07, 6.45) is 1.05. The highest BCUT2D eigenvalue weighted by atomic mass is 16.4. The van der Waals surface area contributed by atoms with E-state index in [2.05, 4.69) is 24.1 Å². The topological polar surface area (TPSA) is 52.6 Å². The maximum atomic E-state index is 11.1. The van der Waals surface area contributed by atoms with Crippen molar-refractivity contribution in [3.8, 4) is 0 Å². The fourth-order valence-corrected chi connectivity index (χ4v) is 2.54. The number of hydrogen-bond acceptors (Lipinski definition) is 3. The van der Waals surface area contributed by atoms with Crippen LogP contribution >= 0.6 is 0 Å². The monoisotopic (exact) mass is 214 g/mol. The molecule has 0 aromatic rings. The summed E-state index contributed by atoms with van der Waals surface area (Å²) in [7, 11) is 3.87. The molecule has 1 aliphatic rings. The molecule has 1 rings (SSSR count). The SMILES string of the molecule is CNC1C(C(=O)O)CN(C)C1CC(C)C. The largest absolute Gasteiger partial charge is 0.481 e. The maximum absolute atomic E-state index is 11.1. The highest BCUT2D eigenvalue weighted by Gasteiger charge is 2.42. The van der Waals surface area contributed by atoms with Gasteiger partial charge in [0.05, 0.1) is 5.92 Å². The van der Waals surface area contributed by atoms with Gasteiger partial charge in [0.15, 0.2) is 0 Å². The predicted octanol–water partition coefficient (Wildman–Crippen LogP) is 0.635. The van der Waals surface area contributed by atoms with Crippen LogP contribution in [0.4, 0.5) is 0 Å². The van der Waals surface area contributed by atoms with Crippen LogP contribution in [0.5, 0.6) is 0 Å². The second kappa shape index (κ2) is 4.94. The van der Waals surface area contributed by atoms with E-state index in [0.29, 0.717) is 18.5 Å². The lowest BCUT2D eigenvalue weighted by atomic mass is 9.93. The average molecular weight is 214 g/mol. The van der Waals surface area contributed by atoms with E-state index < -0.39 is 5.97 Å². The Balaban J connectivity index is 2.73. The van der Waals surface area contributed by atoms with Crippen LogP contribution in [0, 0.1) is 11.8 Å². The van der Waals surface area contributed by atoms with Crippen LogP contribution in [-0.4, -0.2) is 48.7 Å². The zero-order valence-corrected chi connectivity index (χ0v) is 10.0. The molecule has 3 atom stereocenters. The molecule has 4 nitrogen and oxygen atoms in total. The van der Waals surface area contributed by atoms with Crippen molar-refractivity contribution in [3.05, 3.63) is 0 Å². The summed E-state index contributed by atoms with van der Waals surface area (Å²) in [5.74, 6) is -0.364. The van der Waals surface area contributed by atoms with Crippen molar-refractivity contribution < 1.29 is 9.90 Å². The molecular weight excluding hydrogens is 192 g/mol. The first-order valence-electron chi connectivity index (χ1n) is 5.57. The molecule has 0 aromatic carbocycles. The molecule has 0 amide bonds. The summed E-state index contributed by atoms with van der Waals surface area (Å²) in [5.41, 5.74) is 0. The van der Waals surface area contributed by atoms with E-state index in [0.717, 1.165) is 6.42 Å². The van der Waals surface area contributed by atoms with Gasteiger partial charge < -0.3 is 15.3 Å². The number of aliphatic carboxylic acids is 1. The number of nitrogens with zero attached hydrogens (tertiary/aromatic N) is 1. The number of likely N-dealkylation sites (tertiary alicyclic amines) is 1. The van der Waals surface area contributed by atoms with Crippen molar-refractivity contribution in [1.29, 1.82) is 0 Å². The quantitative estimate of drug-likeness (QED) is 0.721. The molecule has 1 aliphatic heterocycles. The van der Waals surface area contributed by atoms with E-state index in [1.54, 1.807) is 0 Å². The van der Waals surface area contributed by atoms with Crippen LogP contribution in [0.2, 0.25) is 0 Å². The zero-order chi connectivity index (χ0) is 11.6. The minimum atomic E-state index is -0.688. The lowest BCUT2D eigenvalue weighted by Crippen LogP contribution is -2.44. The van der Waals surface area contributed by atoms with Crippen molar-refractivity contribution in [2.24, 2.45) is 11.8 Å². The van der Waals surface area contributed by atoms with E-state index in [1.165, 1.54) is 0 Å². The number of carbonyl (C=O) groups is 1. The summed E-state index contributed by atoms with van der Waals surface area (Å²) in [6.45, 7) is 5.00. The number of carboxylic acid groups (broad SMARTS) is 1.